The number of carbonyl (C=O) groups is 1. The Hall–Kier alpha value is -5.03. The first-order chi connectivity index (χ1) is 24.5. The van der Waals surface area contributed by atoms with E-state index in [1.54, 1.807) is 24.4 Å². The zero-order valence-electron chi connectivity index (χ0n) is 26.2. The number of carboxylic acid groups (broad SMARTS) is 1. The third-order valence-corrected chi connectivity index (χ3v) is 10.0. The van der Waals surface area contributed by atoms with Crippen LogP contribution in [-0.4, -0.2) is 40.9 Å². The number of phenolic OH excluding ortho intramolecular Hbond substituents is 1. The van der Waals surface area contributed by atoms with Crippen molar-refractivity contribution in [3.8, 4) is 5.75 Å². The van der Waals surface area contributed by atoms with E-state index in [0.29, 0.717) is 29.8 Å². The highest BCUT2D eigenvalue weighted by Gasteiger charge is 2.22. The fourth-order valence-corrected chi connectivity index (χ4v) is 6.96. The van der Waals surface area contributed by atoms with Crippen molar-refractivity contribution in [3.05, 3.63) is 96.3 Å². The van der Waals surface area contributed by atoms with Crippen molar-refractivity contribution in [2.75, 3.05) is 11.5 Å². The molecule has 0 aliphatic carbocycles. The Kier molecular flexibility index (Phi) is 12.3. The summed E-state index contributed by atoms with van der Waals surface area (Å²) in [5.74, 6) is -1.85. The molecule has 1 heterocycles. The van der Waals surface area contributed by atoms with Crippen LogP contribution in [0.4, 0.5) is 28.4 Å². The molecule has 264 valence electrons. The van der Waals surface area contributed by atoms with Gasteiger partial charge < -0.3 is 15.9 Å². The predicted octanol–water partition coefficient (Wildman–Crippen LogP) is 7.58. The van der Waals surface area contributed by atoms with E-state index in [-0.39, 0.29) is 71.8 Å². The average Bonchev–Trinajstić information content (AvgIpc) is 3.11. The molecule has 0 unspecified atom stereocenters. The quantitative estimate of drug-likeness (QED) is 0.0173. The van der Waals surface area contributed by atoms with Gasteiger partial charge in [-0.05, 0) is 67.1 Å². The van der Waals surface area contributed by atoms with Gasteiger partial charge in [0.1, 0.15) is 28.4 Å². The van der Waals surface area contributed by atoms with E-state index in [1.165, 1.54) is 59.3 Å². The van der Waals surface area contributed by atoms with Gasteiger partial charge in [0.2, 0.25) is 0 Å². The number of pyridine rings is 1. The number of benzene rings is 4. The molecule has 0 spiro atoms. The van der Waals surface area contributed by atoms with E-state index in [4.69, 9.17) is 16.2 Å². The van der Waals surface area contributed by atoms with Gasteiger partial charge in [-0.25, -0.2) is 28.3 Å². The molecule has 0 amide bonds. The summed E-state index contributed by atoms with van der Waals surface area (Å²) in [6.07, 6.45) is 2.86. The maximum absolute atomic E-state index is 13.2. The second-order valence-corrected chi connectivity index (χ2v) is 14.0. The molecule has 5 rings (SSSR count). The van der Waals surface area contributed by atoms with Crippen molar-refractivity contribution in [1.82, 2.24) is 0 Å². The molecule has 6 N–H and O–H groups in total. The number of hydrogen-bond acceptors (Lipinski definition) is 17. The van der Waals surface area contributed by atoms with Crippen LogP contribution in [0.2, 0.25) is 0 Å². The number of azo groups is 2. The molecule has 0 saturated carbocycles. The topological polar surface area (TPSA) is 248 Å². The van der Waals surface area contributed by atoms with E-state index < -0.39 is 15.8 Å². The first-order valence-electron chi connectivity index (χ1n) is 14.4. The van der Waals surface area contributed by atoms with Crippen molar-refractivity contribution in [3.63, 3.8) is 0 Å². The Morgan fingerprint density at radius 2 is 1.61 bits per heavy atom. The normalized spacial score (nSPS) is 12.0. The highest BCUT2D eigenvalue weighted by Crippen LogP contribution is 2.48. The number of nitrogen functional groups attached to an aromatic ring is 1. The third-order valence-electron chi connectivity index (χ3n) is 7.08. The number of nitrogens with zero attached hydrogens (tertiary/aromatic N) is 5. The summed E-state index contributed by atoms with van der Waals surface area (Å²) >= 11 is 0.970. The van der Waals surface area contributed by atoms with Crippen LogP contribution in [0, 0.1) is 6.92 Å². The smallest absolute Gasteiger partial charge is 0.341 e. The monoisotopic (exact) mass is 755 g/mol. The standard InChI is InChI=1S/C31H26N6O11S3/c1-18-4-2-6-20(14-18)33-36-29-27(50-48-46-42)16-23-22(30(29)38)8-9-24(32)28(23)35-34-25-10-7-21(15-26(25)49-47-45-41)51(43,44)13-12-37-11-3-5-19(17-37)31(39)40/h2-11,14-17H,12-13,32H2,1H3,(H3-,38,39,40,41,42)/p+1. The maximum atomic E-state index is 13.2. The lowest BCUT2D eigenvalue weighted by atomic mass is 10.1. The molecular formula is C31H27N6O11S3+. The molecule has 0 bridgehead atoms. The van der Waals surface area contributed by atoms with Gasteiger partial charge >= 0.3 is 5.97 Å². The Morgan fingerprint density at radius 3 is 2.33 bits per heavy atom. The predicted molar refractivity (Wildman–Crippen MR) is 183 cm³/mol. The third kappa shape index (κ3) is 9.21. The highest BCUT2D eigenvalue weighted by molar-refractivity contribution is 7.95. The van der Waals surface area contributed by atoms with Gasteiger partial charge in [-0.2, -0.15) is 5.11 Å². The minimum atomic E-state index is -3.92. The maximum Gasteiger partial charge on any atom is 0.341 e. The van der Waals surface area contributed by atoms with Crippen LogP contribution in [0.1, 0.15) is 15.9 Å². The largest absolute Gasteiger partial charge is 0.505 e. The first-order valence-corrected chi connectivity index (χ1v) is 17.5. The Morgan fingerprint density at radius 1 is 0.863 bits per heavy atom. The number of aromatic nitrogens is 1. The number of anilines is 1. The summed E-state index contributed by atoms with van der Waals surface area (Å²) in [4.78, 5) is 11.4. The summed E-state index contributed by atoms with van der Waals surface area (Å²) in [5, 5.41) is 63.0. The van der Waals surface area contributed by atoms with Crippen molar-refractivity contribution in [2.24, 2.45) is 20.5 Å². The molecule has 17 nitrogen and oxygen atoms in total. The van der Waals surface area contributed by atoms with Gasteiger partial charge in [0.15, 0.2) is 34.5 Å². The zero-order valence-corrected chi connectivity index (χ0v) is 28.6. The zero-order chi connectivity index (χ0) is 36.5. The number of carboxylic acids is 1. The van der Waals surface area contributed by atoms with E-state index >= 15 is 0 Å². The lowest BCUT2D eigenvalue weighted by Gasteiger charge is -2.12. The Bertz CT molecular complexity index is 2260. The van der Waals surface area contributed by atoms with Gasteiger partial charge in [-0.15, -0.1) is 24.0 Å². The number of phenols is 1. The molecule has 0 radical (unpaired) electrons. The first kappa shape index (κ1) is 37.2. The van der Waals surface area contributed by atoms with Gasteiger partial charge in [-0.1, -0.05) is 22.2 Å². The molecule has 0 aliphatic heterocycles. The van der Waals surface area contributed by atoms with E-state index in [1.807, 2.05) is 13.0 Å². The number of rotatable bonds is 15. The Labute approximate surface area is 297 Å². The van der Waals surface area contributed by atoms with Crippen LogP contribution in [0.5, 0.6) is 5.75 Å². The SMILES string of the molecule is Cc1cccc(N=Nc2c(SOOO)cc3c(N=Nc4ccc(S(=O)(=O)CC[n+]5cccc(C(=O)O)c5)cc4SOOO)c(N)ccc3c2O)c1. The average molecular weight is 756 g/mol. The summed E-state index contributed by atoms with van der Waals surface area (Å²) in [6, 6.07) is 18.5. The second kappa shape index (κ2) is 16.8. The minimum absolute atomic E-state index is 0.00180. The molecule has 4 aromatic carbocycles. The van der Waals surface area contributed by atoms with Crippen LogP contribution >= 0.6 is 24.1 Å². The number of fused-ring (bicyclic) bond motifs is 1. The van der Waals surface area contributed by atoms with Crippen molar-refractivity contribution in [2.45, 2.75) is 28.2 Å². The number of nitrogens with two attached hydrogens (primary N) is 1. The molecule has 0 saturated heterocycles. The number of hydrogen-bond donors (Lipinski definition) is 5. The molecule has 0 fully saturated rings. The molecule has 1 aromatic heterocycles. The van der Waals surface area contributed by atoms with E-state index in [0.717, 1.165) is 5.56 Å². The second-order valence-electron chi connectivity index (χ2n) is 10.4. The summed E-state index contributed by atoms with van der Waals surface area (Å²) in [7, 11) is -3.92. The summed E-state index contributed by atoms with van der Waals surface area (Å²) < 4.78 is 37.1. The van der Waals surface area contributed by atoms with Crippen molar-refractivity contribution >= 4 is 79.1 Å². The fraction of sp³-hybridized carbons (Fsp3) is 0.0968. The van der Waals surface area contributed by atoms with Crippen molar-refractivity contribution in [1.29, 1.82) is 0 Å². The molecule has 20 heteroatoms. The van der Waals surface area contributed by atoms with Crippen LogP contribution in [-0.2, 0) is 35.1 Å². The van der Waals surface area contributed by atoms with Crippen LogP contribution in [0.3, 0.4) is 0 Å². The fourth-order valence-electron chi connectivity index (χ4n) is 4.67. The minimum Gasteiger partial charge on any atom is -0.505 e. The Balaban J connectivity index is 1.50. The number of aromatic hydroxyl groups is 1. The number of sulfone groups is 1. The van der Waals surface area contributed by atoms with Gasteiger partial charge in [0.25, 0.3) is 0 Å². The highest BCUT2D eigenvalue weighted by atomic mass is 32.2. The molecule has 5 aromatic rings. The van der Waals surface area contributed by atoms with Crippen LogP contribution in [0.25, 0.3) is 10.8 Å². The summed E-state index contributed by atoms with van der Waals surface area (Å²) in [6.45, 7) is 1.85. The molecular weight excluding hydrogens is 729 g/mol. The number of aromatic carboxylic acids is 1. The number of aryl methyl sites for hydroxylation is 2. The van der Waals surface area contributed by atoms with Gasteiger partial charge in [-0.3, -0.25) is 0 Å². The van der Waals surface area contributed by atoms with E-state index in [9.17, 15) is 23.4 Å². The lowest BCUT2D eigenvalue weighted by molar-refractivity contribution is -0.692. The lowest BCUT2D eigenvalue weighted by Crippen LogP contribution is -2.37. The van der Waals surface area contributed by atoms with Gasteiger partial charge in [0, 0.05) is 16.8 Å². The van der Waals surface area contributed by atoms with Crippen molar-refractivity contribution < 1.29 is 57.3 Å². The molecule has 51 heavy (non-hydrogen) atoms. The molecule has 0 atom stereocenters. The van der Waals surface area contributed by atoms with Crippen LogP contribution < -0.4 is 10.3 Å². The summed E-state index contributed by atoms with van der Waals surface area (Å²) in [5.41, 5.74) is 8.02. The molecule has 0 aliphatic rings. The van der Waals surface area contributed by atoms with E-state index in [2.05, 4.69) is 39.2 Å². The van der Waals surface area contributed by atoms with Crippen LogP contribution in [0.15, 0.2) is 120 Å². The van der Waals surface area contributed by atoms with Gasteiger partial charge in [0.05, 0.1) is 50.1 Å².